The van der Waals surface area contributed by atoms with E-state index < -0.39 is 11.6 Å². The van der Waals surface area contributed by atoms with Crippen molar-refractivity contribution in [1.29, 1.82) is 0 Å². The first kappa shape index (κ1) is 17.9. The summed E-state index contributed by atoms with van der Waals surface area (Å²) in [4.78, 5) is 20.1. The Hall–Kier alpha value is -3.52. The number of phenolic OH excluding ortho intramolecular Hbond substituents is 1. The van der Waals surface area contributed by atoms with Crippen LogP contribution in [0.1, 0.15) is 6.92 Å². The summed E-state index contributed by atoms with van der Waals surface area (Å²) in [5.41, 5.74) is 2.25. The Kier molecular flexibility index (Phi) is 4.62. The second-order valence-corrected chi connectivity index (χ2v) is 6.99. The van der Waals surface area contributed by atoms with Gasteiger partial charge in [0.2, 0.25) is 11.8 Å². The molecule has 2 aromatic heterocycles. The molecule has 0 radical (unpaired) electrons. The molecule has 0 aliphatic heterocycles. The Morgan fingerprint density at radius 2 is 2.00 bits per heavy atom. The summed E-state index contributed by atoms with van der Waals surface area (Å²) in [7, 11) is 0. The van der Waals surface area contributed by atoms with E-state index in [0.717, 1.165) is 21.8 Å². The largest absolute Gasteiger partial charge is 0.505 e. The molecule has 0 atom stereocenters. The lowest BCUT2D eigenvalue weighted by atomic mass is 10.1. The Morgan fingerprint density at radius 3 is 2.79 bits per heavy atom. The summed E-state index contributed by atoms with van der Waals surface area (Å²) in [5.74, 6) is -0.793. The van der Waals surface area contributed by atoms with Crippen LogP contribution in [0.15, 0.2) is 54.6 Å². The molecule has 0 saturated heterocycles. The quantitative estimate of drug-likeness (QED) is 0.511. The number of halogens is 1. The van der Waals surface area contributed by atoms with Crippen molar-refractivity contribution in [1.82, 2.24) is 9.97 Å². The SMILES string of the molecule is CC(=O)Nc1nc2cc(-c3cccc(Oc4ccc(F)c(O)c4)n3)ccc2s1. The standard InChI is InChI=1S/C20H14FN3O3S/c1-11(25)22-20-24-16-9-12(5-8-18(16)28-20)15-3-2-4-19(23-15)27-13-6-7-14(21)17(26)10-13/h2-10,26H,1H3,(H,22,24,25). The molecule has 2 heterocycles. The fourth-order valence-electron chi connectivity index (χ4n) is 2.60. The van der Waals surface area contributed by atoms with Gasteiger partial charge in [0.15, 0.2) is 16.7 Å². The fourth-order valence-corrected chi connectivity index (χ4v) is 3.49. The van der Waals surface area contributed by atoms with Crippen molar-refractivity contribution in [3.8, 4) is 28.6 Å². The highest BCUT2D eigenvalue weighted by molar-refractivity contribution is 7.22. The van der Waals surface area contributed by atoms with Gasteiger partial charge in [0.05, 0.1) is 15.9 Å². The number of phenols is 1. The lowest BCUT2D eigenvalue weighted by molar-refractivity contribution is -0.114. The van der Waals surface area contributed by atoms with Crippen LogP contribution in [0.5, 0.6) is 17.4 Å². The number of carbonyl (C=O) groups excluding carboxylic acids is 1. The van der Waals surface area contributed by atoms with E-state index in [1.54, 1.807) is 12.1 Å². The minimum atomic E-state index is -0.718. The van der Waals surface area contributed by atoms with Gasteiger partial charge in [-0.15, -0.1) is 0 Å². The molecule has 28 heavy (non-hydrogen) atoms. The Morgan fingerprint density at radius 1 is 1.14 bits per heavy atom. The van der Waals surface area contributed by atoms with Gasteiger partial charge in [-0.1, -0.05) is 23.5 Å². The van der Waals surface area contributed by atoms with Crippen molar-refractivity contribution in [2.75, 3.05) is 5.32 Å². The molecule has 8 heteroatoms. The Labute approximate surface area is 163 Å². The van der Waals surface area contributed by atoms with E-state index >= 15 is 0 Å². The number of pyridine rings is 1. The molecule has 0 aliphatic carbocycles. The van der Waals surface area contributed by atoms with Crippen LogP contribution in [0.3, 0.4) is 0 Å². The smallest absolute Gasteiger partial charge is 0.223 e. The number of amides is 1. The van der Waals surface area contributed by atoms with Crippen molar-refractivity contribution in [2.45, 2.75) is 6.92 Å². The molecular weight excluding hydrogens is 381 g/mol. The second kappa shape index (κ2) is 7.24. The first-order valence-electron chi connectivity index (χ1n) is 8.30. The minimum Gasteiger partial charge on any atom is -0.505 e. The van der Waals surface area contributed by atoms with Gasteiger partial charge in [0.25, 0.3) is 0 Å². The zero-order valence-corrected chi connectivity index (χ0v) is 15.5. The summed E-state index contributed by atoms with van der Waals surface area (Å²) in [6.45, 7) is 1.44. The average Bonchev–Trinajstić information content (AvgIpc) is 3.05. The summed E-state index contributed by atoms with van der Waals surface area (Å²) >= 11 is 1.39. The normalized spacial score (nSPS) is 10.8. The number of aromatic nitrogens is 2. The molecule has 0 saturated carbocycles. The van der Waals surface area contributed by atoms with Crippen LogP contribution >= 0.6 is 11.3 Å². The maximum Gasteiger partial charge on any atom is 0.223 e. The Bertz CT molecular complexity index is 1190. The maximum absolute atomic E-state index is 13.2. The predicted molar refractivity (Wildman–Crippen MR) is 105 cm³/mol. The number of rotatable bonds is 4. The van der Waals surface area contributed by atoms with Crippen molar-refractivity contribution in [2.24, 2.45) is 0 Å². The zero-order chi connectivity index (χ0) is 19.7. The number of nitrogens with zero attached hydrogens (tertiary/aromatic N) is 2. The van der Waals surface area contributed by atoms with Gasteiger partial charge in [0.1, 0.15) is 5.75 Å². The molecule has 1 amide bonds. The number of aromatic hydroxyl groups is 1. The van der Waals surface area contributed by atoms with E-state index in [2.05, 4.69) is 15.3 Å². The first-order valence-corrected chi connectivity index (χ1v) is 9.11. The average molecular weight is 395 g/mol. The van der Waals surface area contributed by atoms with E-state index in [-0.39, 0.29) is 11.7 Å². The summed E-state index contributed by atoms with van der Waals surface area (Å²) in [6.07, 6.45) is 0. The topological polar surface area (TPSA) is 84.3 Å². The van der Waals surface area contributed by atoms with Crippen molar-refractivity contribution in [3.63, 3.8) is 0 Å². The second-order valence-electron chi connectivity index (χ2n) is 5.96. The fraction of sp³-hybridized carbons (Fsp3) is 0.0500. The molecule has 6 nitrogen and oxygen atoms in total. The molecule has 4 rings (SSSR count). The van der Waals surface area contributed by atoms with E-state index in [1.165, 1.54) is 30.4 Å². The molecule has 0 spiro atoms. The third kappa shape index (κ3) is 3.77. The highest BCUT2D eigenvalue weighted by Crippen LogP contribution is 2.31. The number of anilines is 1. The molecule has 0 bridgehead atoms. The number of fused-ring (bicyclic) bond motifs is 1. The van der Waals surface area contributed by atoms with Crippen molar-refractivity contribution >= 4 is 32.6 Å². The first-order chi connectivity index (χ1) is 13.5. The molecule has 4 aromatic rings. The summed E-state index contributed by atoms with van der Waals surface area (Å²) < 4.78 is 19.7. The van der Waals surface area contributed by atoms with Crippen LogP contribution in [0.25, 0.3) is 21.5 Å². The van der Waals surface area contributed by atoms with Crippen LogP contribution in [-0.4, -0.2) is 21.0 Å². The van der Waals surface area contributed by atoms with Gasteiger partial charge < -0.3 is 15.2 Å². The van der Waals surface area contributed by atoms with Crippen LogP contribution in [0.2, 0.25) is 0 Å². The number of hydrogen-bond acceptors (Lipinski definition) is 6. The molecule has 2 aromatic carbocycles. The number of thiazole rings is 1. The molecule has 0 aliphatic rings. The number of benzene rings is 2. The Balaban J connectivity index is 1.62. The van der Waals surface area contributed by atoms with Crippen LogP contribution in [-0.2, 0) is 4.79 Å². The van der Waals surface area contributed by atoms with Gasteiger partial charge in [0, 0.05) is 24.6 Å². The molecule has 0 unspecified atom stereocenters. The van der Waals surface area contributed by atoms with Gasteiger partial charge in [-0.25, -0.2) is 14.4 Å². The number of hydrogen-bond donors (Lipinski definition) is 2. The number of ether oxygens (including phenoxy) is 1. The van der Waals surface area contributed by atoms with Gasteiger partial charge >= 0.3 is 0 Å². The van der Waals surface area contributed by atoms with E-state index in [4.69, 9.17) is 4.74 Å². The third-order valence-corrected chi connectivity index (χ3v) is 4.78. The summed E-state index contributed by atoms with van der Waals surface area (Å²) in [5, 5.41) is 12.7. The minimum absolute atomic E-state index is 0.169. The summed E-state index contributed by atoms with van der Waals surface area (Å²) in [6, 6.07) is 14.7. The molecule has 0 fully saturated rings. The maximum atomic E-state index is 13.2. The van der Waals surface area contributed by atoms with Gasteiger partial charge in [-0.05, 0) is 30.3 Å². The number of nitrogens with one attached hydrogen (secondary N) is 1. The van der Waals surface area contributed by atoms with E-state index in [0.29, 0.717) is 16.7 Å². The number of carbonyl (C=O) groups is 1. The molecular formula is C20H14FN3O3S. The zero-order valence-electron chi connectivity index (χ0n) is 14.6. The van der Waals surface area contributed by atoms with Crippen LogP contribution in [0, 0.1) is 5.82 Å². The lowest BCUT2D eigenvalue weighted by Crippen LogP contribution is -2.04. The van der Waals surface area contributed by atoms with E-state index in [9.17, 15) is 14.3 Å². The lowest BCUT2D eigenvalue weighted by Gasteiger charge is -2.07. The van der Waals surface area contributed by atoms with Gasteiger partial charge in [-0.3, -0.25) is 4.79 Å². The molecule has 140 valence electrons. The van der Waals surface area contributed by atoms with Crippen molar-refractivity contribution in [3.05, 3.63) is 60.4 Å². The van der Waals surface area contributed by atoms with Crippen LogP contribution < -0.4 is 10.1 Å². The monoisotopic (exact) mass is 395 g/mol. The van der Waals surface area contributed by atoms with E-state index in [1.807, 2.05) is 24.3 Å². The predicted octanol–water partition coefficient (Wildman–Crippen LogP) is 4.95. The highest BCUT2D eigenvalue weighted by atomic mass is 32.1. The van der Waals surface area contributed by atoms with Crippen LogP contribution in [0.4, 0.5) is 9.52 Å². The highest BCUT2D eigenvalue weighted by Gasteiger charge is 2.09. The third-order valence-electron chi connectivity index (χ3n) is 3.83. The van der Waals surface area contributed by atoms with Crippen molar-refractivity contribution < 1.29 is 19.0 Å². The van der Waals surface area contributed by atoms with Gasteiger partial charge in [-0.2, -0.15) is 0 Å². The molecule has 2 N–H and O–H groups in total.